The molecule has 2 aromatic carbocycles. The van der Waals surface area contributed by atoms with Crippen LogP contribution in [0, 0.1) is 0 Å². The molecule has 67 heavy (non-hydrogen) atoms. The molecule has 14 heteroatoms. The summed E-state index contributed by atoms with van der Waals surface area (Å²) in [6.45, 7) is 11.9. The van der Waals surface area contributed by atoms with Crippen LogP contribution in [0.4, 0.5) is 11.4 Å². The molecule has 0 fully saturated rings. The minimum absolute atomic E-state index is 0.0190. The number of anilines is 1. The summed E-state index contributed by atoms with van der Waals surface area (Å²) in [4.78, 5) is 26.6. The quantitative estimate of drug-likeness (QED) is 0.0226. The fourth-order valence-corrected chi connectivity index (χ4v) is 10.2. The molecule has 2 aliphatic heterocycles. The first kappa shape index (κ1) is 55.2. The summed E-state index contributed by atoms with van der Waals surface area (Å²) in [5.74, 6) is 0.0503. The van der Waals surface area contributed by atoms with E-state index in [-0.39, 0.29) is 21.6 Å². The van der Waals surface area contributed by atoms with Gasteiger partial charge in [-0.25, -0.2) is 8.42 Å². The molecule has 0 aromatic heterocycles. The molecule has 0 atom stereocenters. The normalized spacial score (nSPS) is 16.2. The van der Waals surface area contributed by atoms with Crippen LogP contribution in [0.2, 0.25) is 0 Å². The number of carbonyl (C=O) groups excluding carboxylic acids is 2. The highest BCUT2D eigenvalue weighted by Gasteiger charge is 2.44. The van der Waals surface area contributed by atoms with Gasteiger partial charge in [0.05, 0.1) is 15.2 Å². The molecule has 0 radical (unpaired) electrons. The molecule has 4 rings (SSSR count). The number of carbonyl (C=O) groups is 2. The average Bonchev–Trinajstić information content (AvgIpc) is 3.60. The van der Waals surface area contributed by atoms with Gasteiger partial charge in [0.2, 0.25) is 17.5 Å². The van der Waals surface area contributed by atoms with Crippen LogP contribution in [0.25, 0.3) is 0 Å². The Morgan fingerprint density at radius 2 is 1.24 bits per heavy atom. The van der Waals surface area contributed by atoms with Crippen LogP contribution in [0.1, 0.15) is 168 Å². The van der Waals surface area contributed by atoms with Crippen LogP contribution in [0.15, 0.2) is 94.4 Å². The predicted octanol–water partition coefficient (Wildman–Crippen LogP) is 10.9. The standard InChI is InChI=1S/C53H78N4O8S2/c1-7-8-9-10-11-12-13-14-15-16-17-18-19-20-25-31-50(58)54-37-28-38-55-51(59)32-26-22-27-39-57-47-36-34-43(67(63,64)65)41-45(47)53(4,5)49(57)30-24-21-23-29-48-52(2,3)44-40-42(66(60,61)62)33-35-46(44)56(48)6/h14-15,21,23-24,29-30,33-36,40-41H,7-13,16-20,22,25-28,31-32,37-39H2,1-6H3,(H3-,54,55,58,59,60,61,62,63,64,65)/b15-14-. The summed E-state index contributed by atoms with van der Waals surface area (Å²) in [6.07, 6.45) is 34.2. The van der Waals surface area contributed by atoms with E-state index < -0.39 is 31.1 Å². The third-order valence-corrected chi connectivity index (χ3v) is 14.8. The maximum absolute atomic E-state index is 12.6. The molecule has 2 aromatic rings. The van der Waals surface area contributed by atoms with Gasteiger partial charge in [0.15, 0.2) is 5.71 Å². The summed E-state index contributed by atoms with van der Waals surface area (Å²) < 4.78 is 71.4. The second-order valence-electron chi connectivity index (χ2n) is 19.1. The zero-order valence-corrected chi connectivity index (χ0v) is 42.7. The van der Waals surface area contributed by atoms with Gasteiger partial charge in [0.25, 0.3) is 10.1 Å². The summed E-state index contributed by atoms with van der Waals surface area (Å²) in [7, 11) is -7.10. The zero-order chi connectivity index (χ0) is 49.1. The number of rotatable bonds is 30. The first-order chi connectivity index (χ1) is 31.8. The average molecular weight is 963 g/mol. The highest BCUT2D eigenvalue weighted by Crippen LogP contribution is 2.48. The van der Waals surface area contributed by atoms with Gasteiger partial charge in [-0.15, -0.1) is 0 Å². The Kier molecular flexibility index (Phi) is 21.8. The summed E-state index contributed by atoms with van der Waals surface area (Å²) >= 11 is 0. The van der Waals surface area contributed by atoms with E-state index in [4.69, 9.17) is 0 Å². The van der Waals surface area contributed by atoms with Gasteiger partial charge in [-0.2, -0.15) is 13.0 Å². The second-order valence-corrected chi connectivity index (χ2v) is 21.9. The van der Waals surface area contributed by atoms with Crippen LogP contribution in [-0.2, 0) is 40.7 Å². The highest BCUT2D eigenvalue weighted by molar-refractivity contribution is 7.86. The number of fused-ring (bicyclic) bond motifs is 2. The van der Waals surface area contributed by atoms with Gasteiger partial charge in [-0.05, 0) is 107 Å². The number of amides is 2. The molecule has 0 spiro atoms. The maximum Gasteiger partial charge on any atom is 0.294 e. The molecule has 2 aliphatic rings. The van der Waals surface area contributed by atoms with Gasteiger partial charge < -0.3 is 20.1 Å². The first-order valence-corrected chi connectivity index (χ1v) is 27.5. The molecule has 2 amide bonds. The fraction of sp³-hybridized carbons (Fsp3) is 0.566. The van der Waals surface area contributed by atoms with Crippen molar-refractivity contribution in [3.63, 3.8) is 0 Å². The molecule has 0 bridgehead atoms. The van der Waals surface area contributed by atoms with Crippen molar-refractivity contribution in [2.75, 3.05) is 31.6 Å². The SMILES string of the molecule is CCCCCCCC/C=C\CCCCCCCC(=O)NCCCNC(=O)CCCCCN1C(=CC=CC=CC2=[N+](C)c3ccc(S(=O)(=O)O)cc3C2(C)C)C(C)(C)c2cc(S(=O)(=O)[O-])ccc21. The topological polar surface area (TPSA) is 176 Å². The Balaban J connectivity index is 1.18. The summed E-state index contributed by atoms with van der Waals surface area (Å²) in [5.41, 5.74) is 3.91. The van der Waals surface area contributed by atoms with Gasteiger partial charge in [0.1, 0.15) is 17.2 Å². The summed E-state index contributed by atoms with van der Waals surface area (Å²) in [5, 5.41) is 5.95. The third-order valence-electron chi connectivity index (χ3n) is 13.1. The van der Waals surface area contributed by atoms with Gasteiger partial charge in [0, 0.05) is 67.0 Å². The van der Waals surface area contributed by atoms with Crippen molar-refractivity contribution in [2.24, 2.45) is 0 Å². The van der Waals surface area contributed by atoms with Crippen molar-refractivity contribution in [3.8, 4) is 0 Å². The van der Waals surface area contributed by atoms with Crippen molar-refractivity contribution in [2.45, 2.75) is 177 Å². The van der Waals surface area contributed by atoms with Gasteiger partial charge in [-0.3, -0.25) is 14.1 Å². The molecule has 0 saturated carbocycles. The third kappa shape index (κ3) is 16.7. The van der Waals surface area contributed by atoms with Crippen molar-refractivity contribution >= 4 is 49.1 Å². The van der Waals surface area contributed by atoms with E-state index in [1.165, 1.54) is 82.1 Å². The summed E-state index contributed by atoms with van der Waals surface area (Å²) in [6, 6.07) is 9.13. The highest BCUT2D eigenvalue weighted by atomic mass is 32.2. The Hall–Kier alpha value is -4.37. The van der Waals surface area contributed by atoms with E-state index in [0.717, 1.165) is 72.4 Å². The van der Waals surface area contributed by atoms with Crippen LogP contribution in [-0.4, -0.2) is 74.7 Å². The zero-order valence-electron chi connectivity index (χ0n) is 41.1. The number of nitrogens with one attached hydrogen (secondary N) is 2. The minimum atomic E-state index is -4.66. The van der Waals surface area contributed by atoms with Crippen LogP contribution in [0.5, 0.6) is 0 Å². The molecule has 0 unspecified atom stereocenters. The Bertz CT molecular complexity index is 2360. The Morgan fingerprint density at radius 3 is 1.84 bits per heavy atom. The lowest BCUT2D eigenvalue weighted by Gasteiger charge is -2.27. The van der Waals surface area contributed by atoms with Crippen molar-refractivity contribution < 1.29 is 40.1 Å². The fourth-order valence-electron chi connectivity index (χ4n) is 9.19. The molecule has 0 saturated heterocycles. The number of unbranched alkanes of at least 4 members (excludes halogenated alkanes) is 13. The largest absolute Gasteiger partial charge is 0.744 e. The lowest BCUT2D eigenvalue weighted by atomic mass is 9.81. The maximum atomic E-state index is 12.6. The molecule has 12 nitrogen and oxygen atoms in total. The number of hydrogen-bond donors (Lipinski definition) is 3. The predicted molar refractivity (Wildman–Crippen MR) is 270 cm³/mol. The molecular weight excluding hydrogens is 885 g/mol. The molecule has 0 aliphatic carbocycles. The number of nitrogens with zero attached hydrogens (tertiary/aromatic N) is 2. The molecule has 370 valence electrons. The number of benzene rings is 2. The van der Waals surface area contributed by atoms with E-state index >= 15 is 0 Å². The van der Waals surface area contributed by atoms with E-state index in [0.29, 0.717) is 45.3 Å². The van der Waals surface area contributed by atoms with E-state index in [9.17, 15) is 35.5 Å². The van der Waals surface area contributed by atoms with E-state index in [1.807, 2.05) is 69.7 Å². The van der Waals surface area contributed by atoms with Crippen LogP contribution in [0.3, 0.4) is 0 Å². The lowest BCUT2D eigenvalue weighted by molar-refractivity contribution is -0.401. The minimum Gasteiger partial charge on any atom is -0.744 e. The van der Waals surface area contributed by atoms with Crippen molar-refractivity contribution in [1.82, 2.24) is 10.6 Å². The Morgan fingerprint density at radius 1 is 0.687 bits per heavy atom. The van der Waals surface area contributed by atoms with E-state index in [2.05, 4.69) is 34.6 Å². The monoisotopic (exact) mass is 963 g/mol. The molecule has 2 heterocycles. The van der Waals surface area contributed by atoms with Crippen molar-refractivity contribution in [1.29, 1.82) is 0 Å². The van der Waals surface area contributed by atoms with Crippen molar-refractivity contribution in [3.05, 3.63) is 95.8 Å². The Labute approximate surface area is 402 Å². The van der Waals surface area contributed by atoms with Crippen LogP contribution < -0.4 is 15.5 Å². The van der Waals surface area contributed by atoms with Gasteiger partial charge in [-0.1, -0.05) is 109 Å². The lowest BCUT2D eigenvalue weighted by Crippen LogP contribution is -2.29. The molecule has 3 N–H and O–H groups in total. The van der Waals surface area contributed by atoms with Crippen LogP contribution >= 0.6 is 0 Å². The van der Waals surface area contributed by atoms with E-state index in [1.54, 1.807) is 12.1 Å². The smallest absolute Gasteiger partial charge is 0.294 e. The van der Waals surface area contributed by atoms with Gasteiger partial charge >= 0.3 is 0 Å². The molecular formula is C53H78N4O8S2. The first-order valence-electron chi connectivity index (χ1n) is 24.6. The second kappa shape index (κ2) is 26.4. The number of allylic oxidation sites excluding steroid dienone is 8. The number of hydrogen-bond acceptors (Lipinski definition) is 8.